The first-order valence-electron chi connectivity index (χ1n) is 10.7. The summed E-state index contributed by atoms with van der Waals surface area (Å²) in [5, 5.41) is 0. The summed E-state index contributed by atoms with van der Waals surface area (Å²) in [4.78, 5) is 34.4. The molecule has 0 saturated carbocycles. The van der Waals surface area contributed by atoms with Crippen molar-refractivity contribution < 1.29 is 42.8 Å². The van der Waals surface area contributed by atoms with E-state index in [1.807, 2.05) is 6.92 Å². The third kappa shape index (κ3) is 7.21. The fourth-order valence-electron chi connectivity index (χ4n) is 3.44. The van der Waals surface area contributed by atoms with E-state index in [-0.39, 0.29) is 18.1 Å². The zero-order chi connectivity index (χ0) is 25.3. The van der Waals surface area contributed by atoms with Gasteiger partial charge in [0, 0.05) is 33.3 Å². The van der Waals surface area contributed by atoms with Gasteiger partial charge in [-0.25, -0.2) is 0 Å². The van der Waals surface area contributed by atoms with Gasteiger partial charge in [0.2, 0.25) is 0 Å². The standard InChI is InChI=1S/C25H30O9/c1-7-31-25(19-9-11-22(34-17(4)28)24(13-19)30-6)20(14-32-15(2)26)18-8-10-21(33-16(3)27)23(12-18)29-5/h8-13,20,25H,7,14H2,1-6H3/t20-,25+/m0/s1. The maximum absolute atomic E-state index is 11.6. The summed E-state index contributed by atoms with van der Waals surface area (Å²) in [5.74, 6) is -0.594. The van der Waals surface area contributed by atoms with Crippen LogP contribution in [-0.4, -0.2) is 45.3 Å². The van der Waals surface area contributed by atoms with Crippen LogP contribution in [0.25, 0.3) is 0 Å². The SMILES string of the molecule is CCO[C@H](c1ccc(OC(C)=O)c(OC)c1)[C@@H](COC(C)=O)c1ccc(OC(C)=O)c(OC)c1. The quantitative estimate of drug-likeness (QED) is 0.353. The smallest absolute Gasteiger partial charge is 0.308 e. The van der Waals surface area contributed by atoms with E-state index in [1.165, 1.54) is 35.0 Å². The predicted molar refractivity (Wildman–Crippen MR) is 122 cm³/mol. The first-order valence-corrected chi connectivity index (χ1v) is 10.7. The molecule has 2 aromatic rings. The van der Waals surface area contributed by atoms with Crippen LogP contribution in [0.2, 0.25) is 0 Å². The molecule has 0 N–H and O–H groups in total. The van der Waals surface area contributed by atoms with Crippen molar-refractivity contribution in [2.24, 2.45) is 0 Å². The number of carbonyl (C=O) groups is 3. The van der Waals surface area contributed by atoms with Crippen molar-refractivity contribution in [2.75, 3.05) is 27.4 Å². The van der Waals surface area contributed by atoms with Crippen molar-refractivity contribution in [3.63, 3.8) is 0 Å². The Morgan fingerprint density at radius 2 is 1.24 bits per heavy atom. The lowest BCUT2D eigenvalue weighted by Crippen LogP contribution is -2.21. The van der Waals surface area contributed by atoms with Crippen LogP contribution in [0.5, 0.6) is 23.0 Å². The summed E-state index contributed by atoms with van der Waals surface area (Å²) in [6.07, 6.45) is -0.561. The molecule has 2 rings (SSSR count). The Morgan fingerprint density at radius 3 is 1.68 bits per heavy atom. The molecule has 9 nitrogen and oxygen atoms in total. The fraction of sp³-hybridized carbons (Fsp3) is 0.400. The summed E-state index contributed by atoms with van der Waals surface area (Å²) in [6, 6.07) is 10.2. The van der Waals surface area contributed by atoms with Gasteiger partial charge in [-0.05, 0) is 42.3 Å². The molecule has 34 heavy (non-hydrogen) atoms. The second-order valence-corrected chi connectivity index (χ2v) is 7.29. The third-order valence-electron chi connectivity index (χ3n) is 4.82. The van der Waals surface area contributed by atoms with Crippen LogP contribution in [0.1, 0.15) is 50.8 Å². The van der Waals surface area contributed by atoms with Gasteiger partial charge in [0.15, 0.2) is 23.0 Å². The molecule has 0 fully saturated rings. The van der Waals surface area contributed by atoms with E-state index in [9.17, 15) is 14.4 Å². The molecule has 0 saturated heterocycles. The number of hydrogen-bond donors (Lipinski definition) is 0. The van der Waals surface area contributed by atoms with E-state index in [0.717, 1.165) is 11.1 Å². The van der Waals surface area contributed by atoms with Crippen molar-refractivity contribution >= 4 is 17.9 Å². The van der Waals surface area contributed by atoms with Crippen LogP contribution < -0.4 is 18.9 Å². The molecular weight excluding hydrogens is 444 g/mol. The van der Waals surface area contributed by atoms with Crippen LogP contribution in [0.4, 0.5) is 0 Å². The van der Waals surface area contributed by atoms with Gasteiger partial charge in [-0.1, -0.05) is 12.1 Å². The fourth-order valence-corrected chi connectivity index (χ4v) is 3.44. The maximum Gasteiger partial charge on any atom is 0.308 e. The minimum atomic E-state index is -0.561. The molecule has 0 bridgehead atoms. The van der Waals surface area contributed by atoms with Crippen LogP contribution in [-0.2, 0) is 23.9 Å². The Kier molecular flexibility index (Phi) is 9.88. The highest BCUT2D eigenvalue weighted by Crippen LogP contribution is 2.41. The minimum absolute atomic E-state index is 0.0179. The van der Waals surface area contributed by atoms with Crippen molar-refractivity contribution in [2.45, 2.75) is 39.7 Å². The molecule has 2 atom stereocenters. The number of rotatable bonds is 11. The molecule has 0 aliphatic rings. The minimum Gasteiger partial charge on any atom is -0.493 e. The highest BCUT2D eigenvalue weighted by molar-refractivity contribution is 5.71. The van der Waals surface area contributed by atoms with Crippen molar-refractivity contribution in [3.8, 4) is 23.0 Å². The Morgan fingerprint density at radius 1 is 0.735 bits per heavy atom. The average molecular weight is 475 g/mol. The second-order valence-electron chi connectivity index (χ2n) is 7.29. The first-order chi connectivity index (χ1) is 16.2. The third-order valence-corrected chi connectivity index (χ3v) is 4.82. The monoisotopic (exact) mass is 474 g/mol. The van der Waals surface area contributed by atoms with Crippen molar-refractivity contribution in [1.82, 2.24) is 0 Å². The molecule has 0 aromatic heterocycles. The topological polar surface area (TPSA) is 107 Å². The summed E-state index contributed by atoms with van der Waals surface area (Å²) < 4.78 is 32.6. The molecule has 0 unspecified atom stereocenters. The van der Waals surface area contributed by atoms with Gasteiger partial charge < -0.3 is 28.4 Å². The van der Waals surface area contributed by atoms with Gasteiger partial charge >= 0.3 is 17.9 Å². The Hall–Kier alpha value is -3.59. The molecule has 2 aromatic carbocycles. The van der Waals surface area contributed by atoms with Gasteiger partial charge in [0.1, 0.15) is 6.61 Å². The normalized spacial score (nSPS) is 12.3. The molecule has 0 aliphatic carbocycles. The zero-order valence-corrected chi connectivity index (χ0v) is 20.2. The Labute approximate surface area is 198 Å². The maximum atomic E-state index is 11.6. The number of esters is 3. The van der Waals surface area contributed by atoms with Gasteiger partial charge in [-0.3, -0.25) is 14.4 Å². The lowest BCUT2D eigenvalue weighted by Gasteiger charge is -2.28. The van der Waals surface area contributed by atoms with Crippen LogP contribution in [0.15, 0.2) is 36.4 Å². The van der Waals surface area contributed by atoms with E-state index < -0.39 is 29.9 Å². The number of carbonyl (C=O) groups excluding carboxylic acids is 3. The van der Waals surface area contributed by atoms with Crippen LogP contribution in [0.3, 0.4) is 0 Å². The summed E-state index contributed by atoms with van der Waals surface area (Å²) in [7, 11) is 2.93. The van der Waals surface area contributed by atoms with E-state index in [2.05, 4.69) is 0 Å². The van der Waals surface area contributed by atoms with Gasteiger partial charge in [0.05, 0.1) is 20.3 Å². The number of benzene rings is 2. The molecule has 0 heterocycles. The van der Waals surface area contributed by atoms with Gasteiger partial charge in [0.25, 0.3) is 0 Å². The van der Waals surface area contributed by atoms with E-state index in [1.54, 1.807) is 36.4 Å². The molecule has 0 aliphatic heterocycles. The molecule has 184 valence electrons. The highest BCUT2D eigenvalue weighted by atomic mass is 16.6. The number of ether oxygens (including phenoxy) is 6. The largest absolute Gasteiger partial charge is 0.493 e. The first kappa shape index (κ1) is 26.7. The molecular formula is C25H30O9. The number of methoxy groups -OCH3 is 2. The molecule has 9 heteroatoms. The Bertz CT molecular complexity index is 1020. The lowest BCUT2D eigenvalue weighted by atomic mass is 9.89. The molecule has 0 amide bonds. The van der Waals surface area contributed by atoms with E-state index >= 15 is 0 Å². The lowest BCUT2D eigenvalue weighted by molar-refractivity contribution is -0.142. The van der Waals surface area contributed by atoms with Crippen molar-refractivity contribution in [1.29, 1.82) is 0 Å². The van der Waals surface area contributed by atoms with Crippen LogP contribution in [0, 0.1) is 0 Å². The highest BCUT2D eigenvalue weighted by Gasteiger charge is 2.29. The molecule has 0 radical (unpaired) electrons. The van der Waals surface area contributed by atoms with E-state index in [0.29, 0.717) is 18.1 Å². The predicted octanol–water partition coefficient (Wildman–Crippen LogP) is 3.98. The van der Waals surface area contributed by atoms with Gasteiger partial charge in [-0.15, -0.1) is 0 Å². The summed E-state index contributed by atoms with van der Waals surface area (Å²) in [6.45, 7) is 6.17. The zero-order valence-electron chi connectivity index (χ0n) is 20.2. The summed E-state index contributed by atoms with van der Waals surface area (Å²) >= 11 is 0. The number of hydrogen-bond acceptors (Lipinski definition) is 9. The second kappa shape index (κ2) is 12.6. The average Bonchev–Trinajstić information content (AvgIpc) is 2.78. The Balaban J connectivity index is 2.56. The van der Waals surface area contributed by atoms with Gasteiger partial charge in [-0.2, -0.15) is 0 Å². The summed E-state index contributed by atoms with van der Waals surface area (Å²) in [5.41, 5.74) is 1.45. The molecule has 0 spiro atoms. The van der Waals surface area contributed by atoms with Crippen LogP contribution >= 0.6 is 0 Å². The van der Waals surface area contributed by atoms with Crippen molar-refractivity contribution in [3.05, 3.63) is 47.5 Å². The van der Waals surface area contributed by atoms with E-state index in [4.69, 9.17) is 28.4 Å².